The summed E-state index contributed by atoms with van der Waals surface area (Å²) in [6.07, 6.45) is 1.29. The van der Waals surface area contributed by atoms with Crippen molar-refractivity contribution in [3.05, 3.63) is 30.0 Å². The van der Waals surface area contributed by atoms with Gasteiger partial charge in [0.15, 0.2) is 5.82 Å². The third kappa shape index (κ3) is 3.52. The van der Waals surface area contributed by atoms with E-state index in [1.807, 2.05) is 6.92 Å². The number of nitrogens with zero attached hydrogens (tertiary/aromatic N) is 3. The Labute approximate surface area is 116 Å². The number of sulfonamides is 1. The molecule has 0 saturated heterocycles. The predicted molar refractivity (Wildman–Crippen MR) is 71.5 cm³/mol. The van der Waals surface area contributed by atoms with Crippen LogP contribution in [0, 0.1) is 6.92 Å². The Bertz CT molecular complexity index is 666. The summed E-state index contributed by atoms with van der Waals surface area (Å²) in [6, 6.07) is 3.08. The molecule has 2 aromatic heterocycles. The van der Waals surface area contributed by atoms with Gasteiger partial charge in [-0.15, -0.1) is 0 Å². The molecule has 0 unspecified atom stereocenters. The summed E-state index contributed by atoms with van der Waals surface area (Å²) in [7, 11) is -3.65. The molecule has 108 valence electrons. The lowest BCUT2D eigenvalue weighted by molar-refractivity contribution is 0.372. The molecular weight excluding hydrogens is 282 g/mol. The zero-order valence-electron chi connectivity index (χ0n) is 11.1. The standard InChI is InChI=1S/C11H15N5O3S/c1-3-12-10-5-4-9(6-13-10)20(17,18)14-7-11-15-8(2)16-19-11/h4-6,14H,3,7H2,1-2H3,(H,12,13). The van der Waals surface area contributed by atoms with E-state index in [1.54, 1.807) is 13.0 Å². The predicted octanol–water partition coefficient (Wildman–Crippen LogP) is 0.683. The van der Waals surface area contributed by atoms with Crippen molar-refractivity contribution < 1.29 is 12.9 Å². The molecule has 0 aliphatic heterocycles. The van der Waals surface area contributed by atoms with E-state index in [-0.39, 0.29) is 17.3 Å². The summed E-state index contributed by atoms with van der Waals surface area (Å²) < 4.78 is 31.2. The first kappa shape index (κ1) is 14.4. The number of hydrogen-bond acceptors (Lipinski definition) is 7. The molecule has 9 heteroatoms. The van der Waals surface area contributed by atoms with Gasteiger partial charge in [0.1, 0.15) is 10.7 Å². The molecule has 0 radical (unpaired) electrons. The summed E-state index contributed by atoms with van der Waals surface area (Å²) in [5, 5.41) is 6.57. The number of hydrogen-bond donors (Lipinski definition) is 2. The highest BCUT2D eigenvalue weighted by molar-refractivity contribution is 7.89. The van der Waals surface area contributed by atoms with Crippen molar-refractivity contribution in [1.29, 1.82) is 0 Å². The minimum Gasteiger partial charge on any atom is -0.370 e. The normalized spacial score (nSPS) is 11.5. The Balaban J connectivity index is 2.05. The van der Waals surface area contributed by atoms with Crippen LogP contribution in [0.2, 0.25) is 0 Å². The fourth-order valence-electron chi connectivity index (χ4n) is 1.48. The van der Waals surface area contributed by atoms with E-state index in [2.05, 4.69) is 25.2 Å². The van der Waals surface area contributed by atoms with Crippen molar-refractivity contribution in [1.82, 2.24) is 19.8 Å². The fourth-order valence-corrected chi connectivity index (χ4v) is 2.40. The smallest absolute Gasteiger partial charge is 0.242 e. The molecule has 2 aromatic rings. The second-order valence-corrected chi connectivity index (χ2v) is 5.74. The van der Waals surface area contributed by atoms with Crippen molar-refractivity contribution in [3.63, 3.8) is 0 Å². The van der Waals surface area contributed by atoms with Gasteiger partial charge in [-0.05, 0) is 26.0 Å². The highest BCUT2D eigenvalue weighted by atomic mass is 32.2. The zero-order chi connectivity index (χ0) is 14.6. The largest absolute Gasteiger partial charge is 0.370 e. The number of pyridine rings is 1. The molecule has 2 rings (SSSR count). The molecule has 8 nitrogen and oxygen atoms in total. The van der Waals surface area contributed by atoms with Crippen LogP contribution in [0.5, 0.6) is 0 Å². The highest BCUT2D eigenvalue weighted by Gasteiger charge is 2.15. The number of nitrogens with one attached hydrogen (secondary N) is 2. The number of aromatic nitrogens is 3. The third-order valence-corrected chi connectivity index (χ3v) is 3.77. The van der Waals surface area contributed by atoms with Crippen LogP contribution in [-0.4, -0.2) is 30.1 Å². The van der Waals surface area contributed by atoms with E-state index in [0.29, 0.717) is 18.2 Å². The zero-order valence-corrected chi connectivity index (χ0v) is 11.9. The van der Waals surface area contributed by atoms with Gasteiger partial charge < -0.3 is 9.84 Å². The Kier molecular flexibility index (Phi) is 4.30. The molecule has 0 amide bonds. The second-order valence-electron chi connectivity index (χ2n) is 3.97. The maximum atomic E-state index is 12.0. The van der Waals surface area contributed by atoms with Gasteiger partial charge >= 0.3 is 0 Å². The Hall–Kier alpha value is -2.00. The van der Waals surface area contributed by atoms with Gasteiger partial charge in [-0.2, -0.15) is 4.98 Å². The molecule has 2 N–H and O–H groups in total. The molecule has 0 atom stereocenters. The topological polar surface area (TPSA) is 110 Å². The quantitative estimate of drug-likeness (QED) is 0.806. The SMILES string of the molecule is CCNc1ccc(S(=O)(=O)NCc2nc(C)no2)cn1. The molecule has 0 bridgehead atoms. The summed E-state index contributed by atoms with van der Waals surface area (Å²) in [4.78, 5) is 8.01. The molecule has 2 heterocycles. The van der Waals surface area contributed by atoms with E-state index >= 15 is 0 Å². The van der Waals surface area contributed by atoms with E-state index in [9.17, 15) is 8.42 Å². The number of rotatable bonds is 6. The maximum Gasteiger partial charge on any atom is 0.242 e. The van der Waals surface area contributed by atoms with Crippen LogP contribution >= 0.6 is 0 Å². The average Bonchev–Trinajstić information content (AvgIpc) is 2.84. The van der Waals surface area contributed by atoms with Gasteiger partial charge in [0.05, 0.1) is 6.54 Å². The maximum absolute atomic E-state index is 12.0. The Morgan fingerprint density at radius 2 is 2.15 bits per heavy atom. The molecule has 0 aliphatic rings. The van der Waals surface area contributed by atoms with Gasteiger partial charge in [-0.3, -0.25) is 0 Å². The number of aryl methyl sites for hydroxylation is 1. The lowest BCUT2D eigenvalue weighted by Crippen LogP contribution is -2.23. The van der Waals surface area contributed by atoms with Crippen molar-refractivity contribution in [2.75, 3.05) is 11.9 Å². The van der Waals surface area contributed by atoms with Crippen LogP contribution in [0.1, 0.15) is 18.6 Å². The minimum absolute atomic E-state index is 0.0574. The van der Waals surface area contributed by atoms with Crippen molar-refractivity contribution in [2.45, 2.75) is 25.3 Å². The van der Waals surface area contributed by atoms with E-state index < -0.39 is 10.0 Å². The van der Waals surface area contributed by atoms with E-state index in [4.69, 9.17) is 4.52 Å². The Morgan fingerprint density at radius 1 is 1.35 bits per heavy atom. The van der Waals surface area contributed by atoms with Crippen LogP contribution in [0.15, 0.2) is 27.7 Å². The van der Waals surface area contributed by atoms with Gasteiger partial charge in [0.2, 0.25) is 15.9 Å². The van der Waals surface area contributed by atoms with Crippen molar-refractivity contribution in [3.8, 4) is 0 Å². The van der Waals surface area contributed by atoms with Crippen LogP contribution < -0.4 is 10.0 Å². The van der Waals surface area contributed by atoms with E-state index in [0.717, 1.165) is 0 Å². The fraction of sp³-hybridized carbons (Fsp3) is 0.364. The van der Waals surface area contributed by atoms with Gasteiger partial charge in [-0.25, -0.2) is 18.1 Å². The van der Waals surface area contributed by atoms with Crippen molar-refractivity contribution in [2.24, 2.45) is 0 Å². The van der Waals surface area contributed by atoms with Gasteiger partial charge in [0, 0.05) is 12.7 Å². The summed E-state index contributed by atoms with van der Waals surface area (Å²) in [5.41, 5.74) is 0. The van der Waals surface area contributed by atoms with Crippen LogP contribution in [0.4, 0.5) is 5.82 Å². The molecule has 0 saturated carbocycles. The molecule has 0 aliphatic carbocycles. The van der Waals surface area contributed by atoms with E-state index in [1.165, 1.54) is 12.3 Å². The Morgan fingerprint density at radius 3 is 2.70 bits per heavy atom. The lowest BCUT2D eigenvalue weighted by atomic mass is 10.4. The minimum atomic E-state index is -3.65. The molecule has 0 aromatic carbocycles. The third-order valence-electron chi connectivity index (χ3n) is 2.39. The molecular formula is C11H15N5O3S. The van der Waals surface area contributed by atoms with Gasteiger partial charge in [-0.1, -0.05) is 5.16 Å². The van der Waals surface area contributed by atoms with Crippen LogP contribution in [0.25, 0.3) is 0 Å². The molecule has 0 fully saturated rings. The first-order valence-corrected chi connectivity index (χ1v) is 7.48. The summed E-state index contributed by atoms with van der Waals surface area (Å²) >= 11 is 0. The first-order chi connectivity index (χ1) is 9.51. The first-order valence-electron chi connectivity index (χ1n) is 6.00. The molecule has 0 spiro atoms. The lowest BCUT2D eigenvalue weighted by Gasteiger charge is -2.06. The summed E-state index contributed by atoms with van der Waals surface area (Å²) in [5.74, 6) is 1.29. The molecule has 20 heavy (non-hydrogen) atoms. The number of anilines is 1. The summed E-state index contributed by atoms with van der Waals surface area (Å²) in [6.45, 7) is 4.25. The van der Waals surface area contributed by atoms with Crippen molar-refractivity contribution >= 4 is 15.8 Å². The average molecular weight is 297 g/mol. The monoisotopic (exact) mass is 297 g/mol. The second kappa shape index (κ2) is 5.97. The highest BCUT2D eigenvalue weighted by Crippen LogP contribution is 2.11. The van der Waals surface area contributed by atoms with Crippen LogP contribution in [-0.2, 0) is 16.6 Å². The van der Waals surface area contributed by atoms with Gasteiger partial charge in [0.25, 0.3) is 0 Å². The van der Waals surface area contributed by atoms with Crippen LogP contribution in [0.3, 0.4) is 0 Å².